The average molecular weight is 558 g/mol. The maximum absolute atomic E-state index is 14.5. The van der Waals surface area contributed by atoms with Crippen molar-refractivity contribution >= 4 is 10.0 Å². The number of aromatic nitrogens is 1. The molecule has 0 bridgehead atoms. The molecule has 1 unspecified atom stereocenters. The van der Waals surface area contributed by atoms with Gasteiger partial charge in [0.2, 0.25) is 10.0 Å². The first-order valence-electron chi connectivity index (χ1n) is 12.8. The number of aliphatic hydroxyl groups excluding tert-OH is 3. The van der Waals surface area contributed by atoms with Crippen molar-refractivity contribution in [2.45, 2.75) is 42.6 Å². The lowest BCUT2D eigenvalue weighted by molar-refractivity contribution is 0.0422. The summed E-state index contributed by atoms with van der Waals surface area (Å²) in [5.41, 5.74) is 0.729. The van der Waals surface area contributed by atoms with Crippen LogP contribution in [0.25, 0.3) is 11.1 Å². The van der Waals surface area contributed by atoms with E-state index in [1.165, 1.54) is 24.3 Å². The number of nitrogens with one attached hydrogen (secondary N) is 1. The van der Waals surface area contributed by atoms with Gasteiger partial charge in [0.1, 0.15) is 16.5 Å². The molecule has 2 aliphatic rings. The van der Waals surface area contributed by atoms with Gasteiger partial charge in [0.25, 0.3) is 0 Å². The van der Waals surface area contributed by atoms with Gasteiger partial charge in [0.15, 0.2) is 0 Å². The number of halogens is 1. The van der Waals surface area contributed by atoms with Gasteiger partial charge in [0.05, 0.1) is 30.6 Å². The minimum Gasteiger partial charge on any atom is -0.492 e. The van der Waals surface area contributed by atoms with Crippen LogP contribution >= 0.6 is 0 Å². The van der Waals surface area contributed by atoms with Gasteiger partial charge in [-0.05, 0) is 48.7 Å². The molecule has 1 aromatic heterocycles. The molecule has 4 N–H and O–H groups in total. The lowest BCUT2D eigenvalue weighted by Crippen LogP contribution is -2.46. The Morgan fingerprint density at radius 3 is 2.51 bits per heavy atom. The van der Waals surface area contributed by atoms with E-state index in [1.807, 2.05) is 17.0 Å². The van der Waals surface area contributed by atoms with Crippen LogP contribution < -0.4 is 9.46 Å². The molecule has 1 aliphatic carbocycles. The number of aliphatic hydroxyl groups is 3. The largest absolute Gasteiger partial charge is 0.492 e. The highest BCUT2D eigenvalue weighted by Gasteiger charge is 2.46. The standard InChI is InChI=1S/C28H32FN3O6S/c29-23-7-2-1-6-22(23)19-8-9-27-26(11-19)38-18-28(12-24(34)25(35)13-28)17-32(15-20-5-3-4-10-30-20)16-21(33)14-31-39(27,36)37/h1-11,21,24-25,31,33-35H,12-18H2/t21-,24-,25+,28?/m0/s1. The van der Waals surface area contributed by atoms with Gasteiger partial charge in [-0.3, -0.25) is 9.88 Å². The van der Waals surface area contributed by atoms with Crippen LogP contribution in [-0.4, -0.2) is 78.2 Å². The molecule has 1 spiro atoms. The van der Waals surface area contributed by atoms with Gasteiger partial charge < -0.3 is 20.1 Å². The minimum absolute atomic E-state index is 0.0147. The molecule has 11 heteroatoms. The van der Waals surface area contributed by atoms with Crippen LogP contribution in [0.2, 0.25) is 0 Å². The molecule has 1 fully saturated rings. The van der Waals surface area contributed by atoms with Crippen molar-refractivity contribution in [2.75, 3.05) is 26.2 Å². The molecule has 0 saturated heterocycles. The molecule has 4 atom stereocenters. The van der Waals surface area contributed by atoms with Gasteiger partial charge in [-0.15, -0.1) is 0 Å². The Morgan fingerprint density at radius 2 is 1.79 bits per heavy atom. The maximum atomic E-state index is 14.5. The lowest BCUT2D eigenvalue weighted by Gasteiger charge is -2.36. The van der Waals surface area contributed by atoms with E-state index in [-0.39, 0.29) is 43.2 Å². The normalized spacial score (nSPS) is 27.7. The second kappa shape index (κ2) is 11.3. The Balaban J connectivity index is 1.54. The molecule has 5 rings (SSSR count). The van der Waals surface area contributed by atoms with E-state index in [0.717, 1.165) is 5.69 Å². The van der Waals surface area contributed by atoms with E-state index in [2.05, 4.69) is 9.71 Å². The molecule has 1 saturated carbocycles. The van der Waals surface area contributed by atoms with Crippen LogP contribution in [0.15, 0.2) is 71.8 Å². The molecule has 9 nitrogen and oxygen atoms in total. The van der Waals surface area contributed by atoms with Crippen LogP contribution in [0.1, 0.15) is 18.5 Å². The fraction of sp³-hybridized carbons (Fsp3) is 0.393. The molecule has 39 heavy (non-hydrogen) atoms. The Bertz CT molecular complexity index is 1400. The van der Waals surface area contributed by atoms with Crippen molar-refractivity contribution in [3.8, 4) is 16.9 Å². The maximum Gasteiger partial charge on any atom is 0.244 e. The van der Waals surface area contributed by atoms with Gasteiger partial charge in [-0.2, -0.15) is 0 Å². The number of hydrogen-bond donors (Lipinski definition) is 4. The van der Waals surface area contributed by atoms with E-state index in [1.54, 1.807) is 30.5 Å². The Hall–Kier alpha value is -2.93. The second-order valence-electron chi connectivity index (χ2n) is 10.5. The number of fused-ring (bicyclic) bond motifs is 1. The molecule has 2 aromatic carbocycles. The third-order valence-electron chi connectivity index (χ3n) is 7.33. The van der Waals surface area contributed by atoms with Gasteiger partial charge in [0, 0.05) is 43.4 Å². The first-order chi connectivity index (χ1) is 18.6. The summed E-state index contributed by atoms with van der Waals surface area (Å²) >= 11 is 0. The summed E-state index contributed by atoms with van der Waals surface area (Å²) in [6.45, 7) is 0.593. The molecule has 3 aromatic rings. The number of benzene rings is 2. The van der Waals surface area contributed by atoms with Gasteiger partial charge in [-0.1, -0.05) is 30.3 Å². The molecule has 0 amide bonds. The van der Waals surface area contributed by atoms with Crippen LogP contribution in [0.3, 0.4) is 0 Å². The van der Waals surface area contributed by atoms with E-state index in [9.17, 15) is 28.1 Å². The SMILES string of the molecule is O=S1(=O)NC[C@H](O)CN(Cc2ccccn2)CC2(COc3cc(-c4ccccc4F)ccc31)C[C@@H](O)[C@@H](O)C2. The fourth-order valence-corrected chi connectivity index (χ4v) is 6.70. The topological polar surface area (TPSA) is 132 Å². The average Bonchev–Trinajstić information content (AvgIpc) is 3.19. The summed E-state index contributed by atoms with van der Waals surface area (Å²) in [6, 6.07) is 16.0. The molecular formula is C28H32FN3O6S. The summed E-state index contributed by atoms with van der Waals surface area (Å²) in [5, 5.41) is 31.8. The summed E-state index contributed by atoms with van der Waals surface area (Å²) in [5.74, 6) is -0.441. The third kappa shape index (κ3) is 6.29. The van der Waals surface area contributed by atoms with Gasteiger partial charge in [-0.25, -0.2) is 17.5 Å². The number of nitrogens with zero attached hydrogens (tertiary/aromatic N) is 2. The smallest absolute Gasteiger partial charge is 0.244 e. The van der Waals surface area contributed by atoms with Crippen LogP contribution in [0.5, 0.6) is 5.75 Å². The predicted octanol–water partition coefficient (Wildman–Crippen LogP) is 1.92. The summed E-state index contributed by atoms with van der Waals surface area (Å²) < 4.78 is 49.8. The van der Waals surface area contributed by atoms with Crippen LogP contribution in [-0.2, 0) is 16.6 Å². The Morgan fingerprint density at radius 1 is 1.05 bits per heavy atom. The zero-order valence-corrected chi connectivity index (χ0v) is 22.1. The number of hydrogen-bond acceptors (Lipinski definition) is 8. The van der Waals surface area contributed by atoms with Gasteiger partial charge >= 0.3 is 0 Å². The van der Waals surface area contributed by atoms with Crippen LogP contribution in [0.4, 0.5) is 4.39 Å². The molecule has 1 aliphatic heterocycles. The number of sulfonamides is 1. The highest BCUT2D eigenvalue weighted by Crippen LogP contribution is 2.41. The zero-order valence-electron chi connectivity index (χ0n) is 21.3. The van der Waals surface area contributed by atoms with Crippen molar-refractivity contribution in [3.05, 3.63) is 78.4 Å². The third-order valence-corrected chi connectivity index (χ3v) is 8.79. The molecule has 208 valence electrons. The second-order valence-corrected chi connectivity index (χ2v) is 12.2. The summed E-state index contributed by atoms with van der Waals surface area (Å²) in [4.78, 5) is 6.17. The Labute approximate surface area is 227 Å². The number of ether oxygens (including phenoxy) is 1. The van der Waals surface area contributed by atoms with E-state index in [0.29, 0.717) is 24.2 Å². The molecular weight excluding hydrogens is 525 g/mol. The fourth-order valence-electron chi connectivity index (χ4n) is 5.50. The van der Waals surface area contributed by atoms with E-state index in [4.69, 9.17) is 4.74 Å². The number of rotatable bonds is 3. The minimum atomic E-state index is -4.10. The molecule has 2 heterocycles. The van der Waals surface area contributed by atoms with Crippen molar-refractivity contribution in [2.24, 2.45) is 5.41 Å². The quantitative estimate of drug-likeness (QED) is 0.384. The summed E-state index contributed by atoms with van der Waals surface area (Å²) in [7, 11) is -4.10. The monoisotopic (exact) mass is 557 g/mol. The van der Waals surface area contributed by atoms with Crippen molar-refractivity contribution in [1.29, 1.82) is 0 Å². The highest BCUT2D eigenvalue weighted by molar-refractivity contribution is 7.89. The van der Waals surface area contributed by atoms with E-state index >= 15 is 0 Å². The lowest BCUT2D eigenvalue weighted by atomic mass is 9.85. The number of β-amino-alcohol motifs (C(OH)–C–C–N with tert-alkyl or cyclic N) is 1. The van der Waals surface area contributed by atoms with Crippen molar-refractivity contribution in [1.82, 2.24) is 14.6 Å². The van der Waals surface area contributed by atoms with E-state index < -0.39 is 39.6 Å². The first-order valence-corrected chi connectivity index (χ1v) is 14.3. The first kappa shape index (κ1) is 27.6. The van der Waals surface area contributed by atoms with Crippen LogP contribution in [0, 0.1) is 11.2 Å². The van der Waals surface area contributed by atoms with Crippen molar-refractivity contribution < 1.29 is 32.9 Å². The number of pyridine rings is 1. The Kier molecular flexibility index (Phi) is 7.99. The summed E-state index contributed by atoms with van der Waals surface area (Å²) in [6.07, 6.45) is -0.886. The highest BCUT2D eigenvalue weighted by atomic mass is 32.2. The molecule has 0 radical (unpaired) electrons. The predicted molar refractivity (Wildman–Crippen MR) is 142 cm³/mol. The van der Waals surface area contributed by atoms with Crippen molar-refractivity contribution in [3.63, 3.8) is 0 Å². The zero-order chi connectivity index (χ0) is 27.6.